The first-order valence-electron chi connectivity index (χ1n) is 5.49. The summed E-state index contributed by atoms with van der Waals surface area (Å²) in [6.07, 6.45) is 0.551. The van der Waals surface area contributed by atoms with Crippen molar-refractivity contribution in [3.05, 3.63) is 39.2 Å². The largest absolute Gasteiger partial charge is 0.394 e. The second-order valence-electron chi connectivity index (χ2n) is 4.07. The highest BCUT2D eigenvalue weighted by Gasteiger charge is 2.34. The lowest BCUT2D eigenvalue weighted by Crippen LogP contribution is -2.33. The number of aliphatic hydroxyl groups is 2. The SMILES string of the molecule is C=Cc1cn([C@@H]2C[C@@H](O)[C@H](CO)O2)c(=O)[nH]c1=O. The van der Waals surface area contributed by atoms with Gasteiger partial charge in [-0.15, -0.1) is 0 Å². The van der Waals surface area contributed by atoms with Crippen LogP contribution in [-0.4, -0.2) is 38.6 Å². The number of nitrogens with zero attached hydrogens (tertiary/aromatic N) is 1. The molecular weight excluding hydrogens is 240 g/mol. The number of ether oxygens (including phenoxy) is 1. The molecule has 18 heavy (non-hydrogen) atoms. The number of rotatable bonds is 3. The maximum Gasteiger partial charge on any atom is 0.330 e. The second-order valence-corrected chi connectivity index (χ2v) is 4.07. The average Bonchev–Trinajstić information content (AvgIpc) is 2.70. The molecule has 0 aliphatic carbocycles. The highest BCUT2D eigenvalue weighted by atomic mass is 16.5. The van der Waals surface area contributed by atoms with Crippen LogP contribution in [0.1, 0.15) is 18.2 Å². The first-order chi connectivity index (χ1) is 8.56. The van der Waals surface area contributed by atoms with Crippen molar-refractivity contribution in [3.63, 3.8) is 0 Å². The number of aromatic nitrogens is 2. The molecule has 0 amide bonds. The lowest BCUT2D eigenvalue weighted by atomic mass is 10.2. The van der Waals surface area contributed by atoms with E-state index in [0.717, 1.165) is 0 Å². The Bertz CT molecular complexity index is 561. The fraction of sp³-hybridized carbons (Fsp3) is 0.455. The van der Waals surface area contributed by atoms with E-state index < -0.39 is 29.7 Å². The van der Waals surface area contributed by atoms with E-state index in [2.05, 4.69) is 11.6 Å². The summed E-state index contributed by atoms with van der Waals surface area (Å²) in [5.74, 6) is 0. The maximum absolute atomic E-state index is 11.6. The van der Waals surface area contributed by atoms with Crippen molar-refractivity contribution in [2.24, 2.45) is 0 Å². The molecule has 0 bridgehead atoms. The molecule has 0 saturated carbocycles. The van der Waals surface area contributed by atoms with Crippen LogP contribution >= 0.6 is 0 Å². The summed E-state index contributed by atoms with van der Waals surface area (Å²) in [6.45, 7) is 3.14. The molecule has 2 rings (SSSR count). The smallest absolute Gasteiger partial charge is 0.330 e. The normalized spacial score (nSPS) is 27.3. The van der Waals surface area contributed by atoms with Gasteiger partial charge in [0.05, 0.1) is 18.3 Å². The van der Waals surface area contributed by atoms with Gasteiger partial charge < -0.3 is 14.9 Å². The van der Waals surface area contributed by atoms with Gasteiger partial charge in [0.2, 0.25) is 0 Å². The van der Waals surface area contributed by atoms with Crippen LogP contribution in [0, 0.1) is 0 Å². The lowest BCUT2D eigenvalue weighted by Gasteiger charge is -2.14. The quantitative estimate of drug-likeness (QED) is 0.630. The summed E-state index contributed by atoms with van der Waals surface area (Å²) in [5.41, 5.74) is -0.912. The minimum Gasteiger partial charge on any atom is -0.394 e. The predicted molar refractivity (Wildman–Crippen MR) is 63.0 cm³/mol. The van der Waals surface area contributed by atoms with Crippen molar-refractivity contribution in [2.45, 2.75) is 24.9 Å². The van der Waals surface area contributed by atoms with Gasteiger partial charge >= 0.3 is 5.69 Å². The molecule has 1 saturated heterocycles. The van der Waals surface area contributed by atoms with Gasteiger partial charge in [0.15, 0.2) is 0 Å². The standard InChI is InChI=1S/C11H14N2O5/c1-2-6-4-13(11(17)12-10(6)16)9-3-7(15)8(5-14)18-9/h2,4,7-9,14-15H,1,3,5H2,(H,12,16,17)/t7-,8+,9+/m1/s1. The van der Waals surface area contributed by atoms with E-state index in [1.807, 2.05) is 0 Å². The van der Waals surface area contributed by atoms with Crippen molar-refractivity contribution in [3.8, 4) is 0 Å². The molecule has 7 nitrogen and oxygen atoms in total. The van der Waals surface area contributed by atoms with E-state index in [1.165, 1.54) is 16.8 Å². The molecule has 1 aromatic heterocycles. The molecule has 1 aliphatic heterocycles. The first kappa shape index (κ1) is 12.7. The third-order valence-electron chi connectivity index (χ3n) is 2.91. The summed E-state index contributed by atoms with van der Waals surface area (Å²) in [6, 6.07) is 0. The molecule has 98 valence electrons. The predicted octanol–water partition coefficient (Wildman–Crippen LogP) is -1.18. The summed E-state index contributed by atoms with van der Waals surface area (Å²) >= 11 is 0. The zero-order chi connectivity index (χ0) is 13.3. The molecule has 3 atom stereocenters. The number of H-pyrrole nitrogens is 1. The Morgan fingerprint density at radius 2 is 2.33 bits per heavy atom. The van der Waals surface area contributed by atoms with Crippen LogP contribution in [0.5, 0.6) is 0 Å². The minimum atomic E-state index is -0.842. The topological polar surface area (TPSA) is 105 Å². The molecule has 0 radical (unpaired) electrons. The second kappa shape index (κ2) is 4.89. The van der Waals surface area contributed by atoms with Crippen molar-refractivity contribution < 1.29 is 14.9 Å². The average molecular weight is 254 g/mol. The summed E-state index contributed by atoms with van der Waals surface area (Å²) in [4.78, 5) is 25.1. The van der Waals surface area contributed by atoms with Crippen LogP contribution < -0.4 is 11.2 Å². The molecule has 0 aromatic carbocycles. The minimum absolute atomic E-state index is 0.174. The fourth-order valence-electron chi connectivity index (χ4n) is 1.91. The summed E-state index contributed by atoms with van der Waals surface area (Å²) in [5, 5.41) is 18.6. The van der Waals surface area contributed by atoms with Gasteiger partial charge in [0.1, 0.15) is 12.3 Å². The summed E-state index contributed by atoms with van der Waals surface area (Å²) < 4.78 is 6.51. The van der Waals surface area contributed by atoms with Gasteiger partial charge in [0, 0.05) is 12.6 Å². The van der Waals surface area contributed by atoms with E-state index in [9.17, 15) is 14.7 Å². The number of hydrogen-bond acceptors (Lipinski definition) is 5. The van der Waals surface area contributed by atoms with Gasteiger partial charge in [-0.2, -0.15) is 0 Å². The monoisotopic (exact) mass is 254 g/mol. The molecule has 3 N–H and O–H groups in total. The van der Waals surface area contributed by atoms with Gasteiger partial charge in [-0.1, -0.05) is 12.7 Å². The Labute approximate surface area is 102 Å². The Morgan fingerprint density at radius 3 is 2.89 bits per heavy atom. The number of hydrogen-bond donors (Lipinski definition) is 3. The maximum atomic E-state index is 11.6. The van der Waals surface area contributed by atoms with E-state index in [0.29, 0.717) is 0 Å². The number of aliphatic hydroxyl groups excluding tert-OH is 2. The molecule has 1 aliphatic rings. The van der Waals surface area contributed by atoms with Crippen LogP contribution in [-0.2, 0) is 4.74 Å². The van der Waals surface area contributed by atoms with E-state index in [-0.39, 0.29) is 18.6 Å². The zero-order valence-electron chi connectivity index (χ0n) is 9.57. The molecule has 1 aromatic rings. The van der Waals surface area contributed by atoms with Crippen molar-refractivity contribution in [1.29, 1.82) is 0 Å². The van der Waals surface area contributed by atoms with Crippen LogP contribution in [0.25, 0.3) is 6.08 Å². The van der Waals surface area contributed by atoms with Gasteiger partial charge in [0.25, 0.3) is 5.56 Å². The van der Waals surface area contributed by atoms with Crippen molar-refractivity contribution >= 4 is 6.08 Å². The molecule has 1 fully saturated rings. The Balaban J connectivity index is 2.38. The van der Waals surface area contributed by atoms with Gasteiger partial charge in [-0.05, 0) is 0 Å². The van der Waals surface area contributed by atoms with E-state index >= 15 is 0 Å². The number of aromatic amines is 1. The Morgan fingerprint density at radius 1 is 1.61 bits per heavy atom. The Hall–Kier alpha value is -1.70. The van der Waals surface area contributed by atoms with Crippen LogP contribution in [0.15, 0.2) is 22.4 Å². The first-order valence-corrected chi connectivity index (χ1v) is 5.49. The van der Waals surface area contributed by atoms with Gasteiger partial charge in [-0.3, -0.25) is 14.3 Å². The highest BCUT2D eigenvalue weighted by molar-refractivity contribution is 5.43. The van der Waals surface area contributed by atoms with E-state index in [4.69, 9.17) is 9.84 Å². The molecule has 0 spiro atoms. The third-order valence-corrected chi connectivity index (χ3v) is 2.91. The van der Waals surface area contributed by atoms with Crippen LogP contribution in [0.3, 0.4) is 0 Å². The molecular formula is C11H14N2O5. The van der Waals surface area contributed by atoms with Gasteiger partial charge in [-0.25, -0.2) is 4.79 Å². The molecule has 2 heterocycles. The third kappa shape index (κ3) is 2.15. The van der Waals surface area contributed by atoms with Crippen molar-refractivity contribution in [2.75, 3.05) is 6.61 Å². The molecule has 7 heteroatoms. The van der Waals surface area contributed by atoms with Crippen molar-refractivity contribution in [1.82, 2.24) is 9.55 Å². The Kier molecular flexibility index (Phi) is 3.46. The lowest BCUT2D eigenvalue weighted by molar-refractivity contribution is -0.0459. The zero-order valence-corrected chi connectivity index (χ0v) is 9.57. The number of nitrogens with one attached hydrogen (secondary N) is 1. The molecule has 0 unspecified atom stereocenters. The highest BCUT2D eigenvalue weighted by Crippen LogP contribution is 2.27. The van der Waals surface area contributed by atoms with Crippen LogP contribution in [0.4, 0.5) is 0 Å². The van der Waals surface area contributed by atoms with Crippen LogP contribution in [0.2, 0.25) is 0 Å². The van der Waals surface area contributed by atoms with E-state index in [1.54, 1.807) is 0 Å². The fourth-order valence-corrected chi connectivity index (χ4v) is 1.91. The summed E-state index contributed by atoms with van der Waals surface area (Å²) in [7, 11) is 0.